The lowest BCUT2D eigenvalue weighted by Gasteiger charge is -2.07. The molecule has 1 N–H and O–H groups in total. The highest BCUT2D eigenvalue weighted by atomic mass is 79.9. The van der Waals surface area contributed by atoms with Crippen molar-refractivity contribution < 1.29 is 19.0 Å². The van der Waals surface area contributed by atoms with Crippen molar-refractivity contribution in [1.29, 1.82) is 0 Å². The summed E-state index contributed by atoms with van der Waals surface area (Å²) in [5, 5.41) is 8.56. The minimum absolute atomic E-state index is 0.241. The van der Waals surface area contributed by atoms with Crippen LogP contribution >= 0.6 is 15.9 Å². The molecule has 0 radical (unpaired) electrons. The number of carbonyl (C=O) groups is 1. The fraction of sp³-hybridized carbons (Fsp3) is 0.222. The van der Waals surface area contributed by atoms with E-state index in [0.29, 0.717) is 15.8 Å². The first kappa shape index (κ1) is 11.0. The Kier molecular flexibility index (Phi) is 3.46. The summed E-state index contributed by atoms with van der Waals surface area (Å²) in [6.45, 7) is 0. The summed E-state index contributed by atoms with van der Waals surface area (Å²) in [5.74, 6) is -1.24. The Hall–Kier alpha value is -1.10. The van der Waals surface area contributed by atoms with E-state index in [9.17, 15) is 9.18 Å². The van der Waals surface area contributed by atoms with E-state index in [2.05, 4.69) is 15.9 Å². The third-order valence-corrected chi connectivity index (χ3v) is 2.54. The normalized spacial score (nSPS) is 9.93. The van der Waals surface area contributed by atoms with Crippen LogP contribution in [-0.2, 0) is 11.2 Å². The standard InChI is InChI=1S/C9H8BrFO3/c1-14-7-4-6(11)2-5(9(7)10)3-8(12)13/h2,4H,3H2,1H3,(H,12,13). The summed E-state index contributed by atoms with van der Waals surface area (Å²) in [5.41, 5.74) is 0.356. The number of benzene rings is 1. The van der Waals surface area contributed by atoms with Crippen LogP contribution in [0.1, 0.15) is 5.56 Å². The van der Waals surface area contributed by atoms with E-state index >= 15 is 0 Å². The van der Waals surface area contributed by atoms with Gasteiger partial charge in [0.1, 0.15) is 11.6 Å². The van der Waals surface area contributed by atoms with Crippen LogP contribution in [0.2, 0.25) is 0 Å². The highest BCUT2D eigenvalue weighted by Gasteiger charge is 2.11. The van der Waals surface area contributed by atoms with Gasteiger partial charge in [-0.15, -0.1) is 0 Å². The maximum Gasteiger partial charge on any atom is 0.307 e. The molecular formula is C9H8BrFO3. The van der Waals surface area contributed by atoms with Gasteiger partial charge in [0.2, 0.25) is 0 Å². The Morgan fingerprint density at radius 1 is 1.64 bits per heavy atom. The fourth-order valence-corrected chi connectivity index (χ4v) is 1.59. The van der Waals surface area contributed by atoms with Gasteiger partial charge in [0.05, 0.1) is 18.0 Å². The number of aliphatic carboxylic acids is 1. The van der Waals surface area contributed by atoms with E-state index in [1.54, 1.807) is 0 Å². The molecule has 0 spiro atoms. The van der Waals surface area contributed by atoms with Crippen LogP contribution in [0.25, 0.3) is 0 Å². The number of hydrogen-bond acceptors (Lipinski definition) is 2. The van der Waals surface area contributed by atoms with Crippen LogP contribution < -0.4 is 4.74 Å². The molecule has 0 bridgehead atoms. The van der Waals surface area contributed by atoms with Gasteiger partial charge >= 0.3 is 5.97 Å². The number of carboxylic acids is 1. The summed E-state index contributed by atoms with van der Waals surface area (Å²) in [6, 6.07) is 2.36. The molecule has 0 unspecified atom stereocenters. The summed E-state index contributed by atoms with van der Waals surface area (Å²) in [4.78, 5) is 10.4. The van der Waals surface area contributed by atoms with Crippen LogP contribution in [-0.4, -0.2) is 18.2 Å². The molecule has 5 heteroatoms. The molecule has 0 aromatic heterocycles. The Morgan fingerprint density at radius 2 is 2.29 bits per heavy atom. The van der Waals surface area contributed by atoms with Gasteiger partial charge < -0.3 is 9.84 Å². The number of rotatable bonds is 3. The minimum atomic E-state index is -1.02. The fourth-order valence-electron chi connectivity index (χ4n) is 1.06. The number of carboxylic acid groups (broad SMARTS) is 1. The predicted molar refractivity (Wildman–Crippen MR) is 52.0 cm³/mol. The molecule has 0 heterocycles. The zero-order valence-corrected chi connectivity index (χ0v) is 8.97. The van der Waals surface area contributed by atoms with Crippen molar-refractivity contribution in [3.05, 3.63) is 28.0 Å². The van der Waals surface area contributed by atoms with E-state index in [1.165, 1.54) is 19.2 Å². The quantitative estimate of drug-likeness (QED) is 0.909. The summed E-state index contributed by atoms with van der Waals surface area (Å²) < 4.78 is 18.3. The van der Waals surface area contributed by atoms with Crippen LogP contribution in [0.4, 0.5) is 4.39 Å². The summed E-state index contributed by atoms with van der Waals surface area (Å²) >= 11 is 3.15. The van der Waals surface area contributed by atoms with Gasteiger partial charge in [-0.25, -0.2) is 4.39 Å². The first-order valence-electron chi connectivity index (χ1n) is 3.78. The molecule has 0 fully saturated rings. The smallest absolute Gasteiger partial charge is 0.307 e. The molecular weight excluding hydrogens is 255 g/mol. The SMILES string of the molecule is COc1cc(F)cc(CC(=O)O)c1Br. The highest BCUT2D eigenvalue weighted by molar-refractivity contribution is 9.10. The van der Waals surface area contributed by atoms with E-state index < -0.39 is 11.8 Å². The molecule has 0 aliphatic carbocycles. The van der Waals surface area contributed by atoms with Crippen molar-refractivity contribution in [3.63, 3.8) is 0 Å². The maximum atomic E-state index is 13.0. The molecule has 0 amide bonds. The van der Waals surface area contributed by atoms with Crippen molar-refractivity contribution in [2.24, 2.45) is 0 Å². The topological polar surface area (TPSA) is 46.5 Å². The van der Waals surface area contributed by atoms with E-state index in [1.807, 2.05) is 0 Å². The number of methoxy groups -OCH3 is 1. The van der Waals surface area contributed by atoms with Crippen molar-refractivity contribution in [2.45, 2.75) is 6.42 Å². The minimum Gasteiger partial charge on any atom is -0.495 e. The molecule has 1 aromatic rings. The van der Waals surface area contributed by atoms with Crippen LogP contribution in [0.15, 0.2) is 16.6 Å². The lowest BCUT2D eigenvalue weighted by molar-refractivity contribution is -0.136. The Bertz CT molecular complexity index is 365. The van der Waals surface area contributed by atoms with E-state index in [-0.39, 0.29) is 6.42 Å². The van der Waals surface area contributed by atoms with Gasteiger partial charge in [-0.3, -0.25) is 4.79 Å². The molecule has 1 rings (SSSR count). The van der Waals surface area contributed by atoms with Crippen LogP contribution in [0, 0.1) is 5.82 Å². The zero-order valence-electron chi connectivity index (χ0n) is 7.38. The highest BCUT2D eigenvalue weighted by Crippen LogP contribution is 2.30. The lowest BCUT2D eigenvalue weighted by atomic mass is 10.1. The van der Waals surface area contributed by atoms with Crippen molar-refractivity contribution in [3.8, 4) is 5.75 Å². The maximum absolute atomic E-state index is 13.0. The third kappa shape index (κ3) is 2.45. The van der Waals surface area contributed by atoms with Gasteiger partial charge in [-0.1, -0.05) is 0 Å². The van der Waals surface area contributed by atoms with Crippen molar-refractivity contribution in [1.82, 2.24) is 0 Å². The molecule has 0 atom stereocenters. The van der Waals surface area contributed by atoms with E-state index in [4.69, 9.17) is 9.84 Å². The molecule has 3 nitrogen and oxygen atoms in total. The average molecular weight is 263 g/mol. The van der Waals surface area contributed by atoms with Crippen molar-refractivity contribution >= 4 is 21.9 Å². The van der Waals surface area contributed by atoms with Gasteiger partial charge in [0.15, 0.2) is 0 Å². The molecule has 1 aromatic carbocycles. The van der Waals surface area contributed by atoms with E-state index in [0.717, 1.165) is 0 Å². The number of ether oxygens (including phenoxy) is 1. The van der Waals surface area contributed by atoms with Gasteiger partial charge in [0.25, 0.3) is 0 Å². The van der Waals surface area contributed by atoms with Crippen LogP contribution in [0.3, 0.4) is 0 Å². The van der Waals surface area contributed by atoms with Crippen molar-refractivity contribution in [2.75, 3.05) is 7.11 Å². The molecule has 0 saturated carbocycles. The second-order valence-electron chi connectivity index (χ2n) is 2.65. The number of hydrogen-bond donors (Lipinski definition) is 1. The van der Waals surface area contributed by atoms with Crippen LogP contribution in [0.5, 0.6) is 5.75 Å². The monoisotopic (exact) mass is 262 g/mol. The largest absolute Gasteiger partial charge is 0.495 e. The first-order valence-corrected chi connectivity index (χ1v) is 4.57. The van der Waals surface area contributed by atoms with Gasteiger partial charge in [-0.2, -0.15) is 0 Å². The first-order chi connectivity index (χ1) is 6.54. The molecule has 76 valence electrons. The van der Waals surface area contributed by atoms with Gasteiger partial charge in [0, 0.05) is 6.07 Å². The second kappa shape index (κ2) is 4.41. The Balaban J connectivity index is 3.15. The zero-order chi connectivity index (χ0) is 10.7. The number of halogens is 2. The molecule has 0 aliphatic rings. The Labute approximate surface area is 88.6 Å². The molecule has 14 heavy (non-hydrogen) atoms. The summed E-state index contributed by atoms with van der Waals surface area (Å²) in [7, 11) is 1.39. The van der Waals surface area contributed by atoms with Gasteiger partial charge in [-0.05, 0) is 27.6 Å². The average Bonchev–Trinajstić information content (AvgIpc) is 2.09. The third-order valence-electron chi connectivity index (χ3n) is 1.64. The molecule has 0 aliphatic heterocycles. The predicted octanol–water partition coefficient (Wildman–Crippen LogP) is 2.22. The summed E-state index contributed by atoms with van der Waals surface area (Å²) in [6.07, 6.45) is -0.241. The molecule has 0 saturated heterocycles. The second-order valence-corrected chi connectivity index (χ2v) is 3.44. The lowest BCUT2D eigenvalue weighted by Crippen LogP contribution is -2.02. The Morgan fingerprint density at radius 3 is 2.79 bits per heavy atom.